The molecule has 0 aromatic carbocycles. The highest BCUT2D eigenvalue weighted by atomic mass is 16.5. The molecule has 5 heteroatoms. The summed E-state index contributed by atoms with van der Waals surface area (Å²) in [6.45, 7) is 6.17. The Labute approximate surface area is 192 Å². The van der Waals surface area contributed by atoms with E-state index >= 15 is 0 Å². The summed E-state index contributed by atoms with van der Waals surface area (Å²) < 4.78 is 11.9. The molecule has 2 saturated heterocycles. The van der Waals surface area contributed by atoms with Crippen LogP contribution >= 0.6 is 0 Å². The molecule has 5 rings (SSSR count). The van der Waals surface area contributed by atoms with E-state index in [-0.39, 0.29) is 6.10 Å². The second-order valence-electron chi connectivity index (χ2n) is 9.25. The van der Waals surface area contributed by atoms with E-state index in [4.69, 9.17) is 9.47 Å². The van der Waals surface area contributed by atoms with E-state index in [1.165, 1.54) is 63.9 Å². The van der Waals surface area contributed by atoms with Gasteiger partial charge in [-0.2, -0.15) is 0 Å². The Morgan fingerprint density at radius 2 is 2.00 bits per heavy atom. The van der Waals surface area contributed by atoms with E-state index in [1.807, 2.05) is 18.2 Å². The van der Waals surface area contributed by atoms with Gasteiger partial charge in [-0.15, -0.1) is 0 Å². The summed E-state index contributed by atoms with van der Waals surface area (Å²) in [6, 6.07) is 4.89. The predicted octanol–water partition coefficient (Wildman–Crippen LogP) is 4.59. The molecule has 1 aromatic rings. The monoisotopic (exact) mass is 433 g/mol. The summed E-state index contributed by atoms with van der Waals surface area (Å²) in [5.74, 6) is 1.49. The maximum absolute atomic E-state index is 6.18. The van der Waals surface area contributed by atoms with Crippen LogP contribution in [0.4, 0.5) is 0 Å². The van der Waals surface area contributed by atoms with Crippen molar-refractivity contribution in [1.82, 2.24) is 14.8 Å². The van der Waals surface area contributed by atoms with Crippen molar-refractivity contribution in [3.05, 3.63) is 65.6 Å². The average molecular weight is 434 g/mol. The molecule has 1 atom stereocenters. The normalized spacial score (nSPS) is 26.0. The highest BCUT2D eigenvalue weighted by Gasteiger charge is 2.27. The summed E-state index contributed by atoms with van der Waals surface area (Å²) in [6.07, 6.45) is 20.2. The van der Waals surface area contributed by atoms with Crippen molar-refractivity contribution in [2.45, 2.75) is 50.7 Å². The van der Waals surface area contributed by atoms with E-state index in [0.717, 1.165) is 35.9 Å². The van der Waals surface area contributed by atoms with E-state index < -0.39 is 0 Å². The summed E-state index contributed by atoms with van der Waals surface area (Å²) in [4.78, 5) is 9.89. The Morgan fingerprint density at radius 3 is 2.81 bits per heavy atom. The molecule has 5 nitrogen and oxygen atoms in total. The number of nitrogens with zero attached hydrogens (tertiary/aromatic N) is 3. The smallest absolute Gasteiger partial charge is 0.227 e. The highest BCUT2D eigenvalue weighted by Crippen LogP contribution is 2.36. The second-order valence-corrected chi connectivity index (χ2v) is 9.25. The molecule has 0 saturated carbocycles. The van der Waals surface area contributed by atoms with Crippen molar-refractivity contribution in [2.75, 3.05) is 39.8 Å². The predicted molar refractivity (Wildman–Crippen MR) is 128 cm³/mol. The van der Waals surface area contributed by atoms with Crippen LogP contribution in [-0.2, 0) is 4.74 Å². The minimum Gasteiger partial charge on any atom is -0.438 e. The molecule has 170 valence electrons. The Morgan fingerprint density at radius 1 is 1.16 bits per heavy atom. The Balaban J connectivity index is 1.26. The van der Waals surface area contributed by atoms with Crippen LogP contribution in [0.1, 0.15) is 44.1 Å². The van der Waals surface area contributed by atoms with Gasteiger partial charge in [0, 0.05) is 37.0 Å². The molecule has 4 heterocycles. The van der Waals surface area contributed by atoms with Gasteiger partial charge in [-0.1, -0.05) is 24.6 Å². The molecule has 0 bridgehead atoms. The van der Waals surface area contributed by atoms with E-state index in [1.54, 1.807) is 13.3 Å². The van der Waals surface area contributed by atoms with Gasteiger partial charge in [0.2, 0.25) is 5.88 Å². The third kappa shape index (κ3) is 4.75. The van der Waals surface area contributed by atoms with Crippen molar-refractivity contribution in [1.29, 1.82) is 0 Å². The summed E-state index contributed by atoms with van der Waals surface area (Å²) in [5, 5.41) is 0. The fraction of sp³-hybridized carbons (Fsp3) is 0.519. The number of pyridine rings is 1. The van der Waals surface area contributed by atoms with Crippen LogP contribution in [0.3, 0.4) is 0 Å². The highest BCUT2D eigenvalue weighted by molar-refractivity contribution is 5.80. The van der Waals surface area contributed by atoms with Crippen LogP contribution < -0.4 is 4.74 Å². The molecule has 0 N–H and O–H groups in total. The lowest BCUT2D eigenvalue weighted by molar-refractivity contribution is 0.0934. The first-order chi connectivity index (χ1) is 15.8. The number of allylic oxidation sites excluding steroid dienone is 4. The molecular formula is C27H35N3O2. The largest absolute Gasteiger partial charge is 0.438 e. The van der Waals surface area contributed by atoms with E-state index in [0.29, 0.717) is 5.88 Å². The summed E-state index contributed by atoms with van der Waals surface area (Å²) in [7, 11) is 1.74. The fourth-order valence-electron chi connectivity index (χ4n) is 5.44. The third-order valence-corrected chi connectivity index (χ3v) is 7.25. The third-order valence-electron chi connectivity index (χ3n) is 7.25. The topological polar surface area (TPSA) is 37.8 Å². The molecule has 32 heavy (non-hydrogen) atoms. The molecule has 0 spiro atoms. The zero-order valence-corrected chi connectivity index (χ0v) is 19.2. The molecule has 3 aliphatic heterocycles. The summed E-state index contributed by atoms with van der Waals surface area (Å²) >= 11 is 0. The van der Waals surface area contributed by atoms with Crippen molar-refractivity contribution in [2.24, 2.45) is 0 Å². The van der Waals surface area contributed by atoms with Crippen LogP contribution in [0, 0.1) is 0 Å². The number of hydrogen-bond acceptors (Lipinski definition) is 5. The molecular weight excluding hydrogens is 398 g/mol. The van der Waals surface area contributed by atoms with Crippen molar-refractivity contribution in [3.63, 3.8) is 0 Å². The zero-order valence-electron chi connectivity index (χ0n) is 19.2. The van der Waals surface area contributed by atoms with Gasteiger partial charge in [0.25, 0.3) is 0 Å². The lowest BCUT2D eigenvalue weighted by Gasteiger charge is -2.40. The van der Waals surface area contributed by atoms with Crippen molar-refractivity contribution < 1.29 is 9.47 Å². The zero-order chi connectivity index (χ0) is 21.8. The number of aromatic nitrogens is 1. The molecule has 1 aromatic heterocycles. The van der Waals surface area contributed by atoms with Crippen molar-refractivity contribution in [3.8, 4) is 5.88 Å². The van der Waals surface area contributed by atoms with Gasteiger partial charge in [0.15, 0.2) is 0 Å². The molecule has 1 aliphatic carbocycles. The Kier molecular flexibility index (Phi) is 6.86. The maximum Gasteiger partial charge on any atom is 0.227 e. The number of fused-ring (bicyclic) bond motifs is 2. The van der Waals surface area contributed by atoms with E-state index in [9.17, 15) is 0 Å². The van der Waals surface area contributed by atoms with Crippen LogP contribution in [0.15, 0.2) is 60.0 Å². The van der Waals surface area contributed by atoms with Crippen molar-refractivity contribution >= 4 is 5.57 Å². The average Bonchev–Trinajstić information content (AvgIpc) is 3.01. The number of likely N-dealkylation sites (tertiary alicyclic amines) is 2. The lowest BCUT2D eigenvalue weighted by Crippen LogP contribution is -2.46. The number of ether oxygens (including phenoxy) is 2. The number of piperidine rings is 2. The lowest BCUT2D eigenvalue weighted by atomic mass is 9.97. The van der Waals surface area contributed by atoms with Gasteiger partial charge in [-0.3, -0.25) is 0 Å². The van der Waals surface area contributed by atoms with Gasteiger partial charge in [0.1, 0.15) is 11.9 Å². The number of hydrogen-bond donors (Lipinski definition) is 0. The van der Waals surface area contributed by atoms with Crippen LogP contribution in [0.5, 0.6) is 5.88 Å². The maximum atomic E-state index is 6.18. The van der Waals surface area contributed by atoms with Gasteiger partial charge in [-0.05, 0) is 88.1 Å². The minimum absolute atomic E-state index is 0.0958. The number of methoxy groups -OCH3 is 1. The van der Waals surface area contributed by atoms with Crippen LogP contribution in [0.2, 0.25) is 0 Å². The first-order valence-corrected chi connectivity index (χ1v) is 12.2. The van der Waals surface area contributed by atoms with Gasteiger partial charge in [0.05, 0.1) is 0 Å². The van der Waals surface area contributed by atoms with Gasteiger partial charge >= 0.3 is 0 Å². The van der Waals surface area contributed by atoms with Crippen LogP contribution in [0.25, 0.3) is 5.57 Å². The van der Waals surface area contributed by atoms with Gasteiger partial charge < -0.3 is 19.3 Å². The summed E-state index contributed by atoms with van der Waals surface area (Å²) in [5.41, 5.74) is 3.28. The first kappa shape index (κ1) is 21.6. The SMILES string of the molecule is COC1C=CC=C2Oc3ncccc3C(=CCCN3CCC(N4CCCCC4)CC3)C=C21. The molecule has 4 aliphatic rings. The molecule has 0 amide bonds. The molecule has 2 fully saturated rings. The standard InChI is InChI=1S/C27H35N3O2/c1-31-25-10-5-11-26-24(25)20-21(23-9-6-14-28-27(23)32-26)8-7-15-29-18-12-22(13-19-29)30-16-3-2-4-17-30/h5-6,8-11,14,20,22,25H,2-4,7,12-13,15-19H2,1H3. The van der Waals surface area contributed by atoms with Crippen LogP contribution in [-0.4, -0.2) is 66.8 Å². The van der Waals surface area contributed by atoms with Gasteiger partial charge in [-0.25, -0.2) is 4.98 Å². The second kappa shape index (κ2) is 10.2. The quantitative estimate of drug-likeness (QED) is 0.679. The molecule has 0 radical (unpaired) electrons. The minimum atomic E-state index is -0.0958. The fourth-order valence-corrected chi connectivity index (χ4v) is 5.44. The van der Waals surface area contributed by atoms with E-state index in [2.05, 4.69) is 39.1 Å². The number of rotatable bonds is 5. The Hall–Kier alpha value is -2.21. The molecule has 1 unspecified atom stereocenters. The Bertz CT molecular complexity index is 919. The first-order valence-electron chi connectivity index (χ1n) is 12.2.